The van der Waals surface area contributed by atoms with Crippen LogP contribution in [0.2, 0.25) is 0 Å². The summed E-state index contributed by atoms with van der Waals surface area (Å²) in [6.07, 6.45) is 2.83. The van der Waals surface area contributed by atoms with Crippen molar-refractivity contribution in [1.82, 2.24) is 9.97 Å². The van der Waals surface area contributed by atoms with Crippen molar-refractivity contribution >= 4 is 42.4 Å². The van der Waals surface area contributed by atoms with Crippen molar-refractivity contribution in [2.45, 2.75) is 25.3 Å². The molecule has 2 aromatic heterocycles. The maximum Gasteiger partial charge on any atom is 0.260 e. The lowest BCUT2D eigenvalue weighted by Gasteiger charge is -2.19. The van der Waals surface area contributed by atoms with Crippen LogP contribution in [-0.2, 0) is 16.4 Å². The fourth-order valence-electron chi connectivity index (χ4n) is 3.21. The molecular formula is C23H21N3O3S2. The van der Waals surface area contributed by atoms with Crippen LogP contribution in [0.3, 0.4) is 0 Å². The lowest BCUT2D eigenvalue weighted by atomic mass is 10.1. The number of hydrogen-bond donors (Lipinski definition) is 0. The van der Waals surface area contributed by atoms with Crippen LogP contribution in [-0.4, -0.2) is 30.5 Å². The number of anilines is 1. The van der Waals surface area contributed by atoms with Crippen molar-refractivity contribution in [1.29, 1.82) is 0 Å². The second-order valence-corrected chi connectivity index (χ2v) is 10.4. The maximum atomic E-state index is 13.5. The molecule has 0 aliphatic carbocycles. The number of benzene rings is 2. The molecule has 0 N–H and O–H groups in total. The Morgan fingerprint density at radius 1 is 1.03 bits per heavy atom. The first-order valence-electron chi connectivity index (χ1n) is 9.62. The first-order chi connectivity index (χ1) is 14.7. The lowest BCUT2D eigenvalue weighted by molar-refractivity contribution is 0.0984. The molecule has 0 aliphatic heterocycles. The molecule has 0 spiro atoms. The minimum absolute atomic E-state index is 0.173. The van der Waals surface area contributed by atoms with Gasteiger partial charge in [0.2, 0.25) is 0 Å². The first-order valence-corrected chi connectivity index (χ1v) is 12.3. The number of aromatic nitrogens is 2. The second-order valence-electron chi connectivity index (χ2n) is 7.36. The summed E-state index contributed by atoms with van der Waals surface area (Å²) in [4.78, 5) is 24.4. The van der Waals surface area contributed by atoms with Crippen LogP contribution < -0.4 is 4.90 Å². The highest BCUT2D eigenvalue weighted by Gasteiger charge is 2.23. The standard InChI is InChI=1S/C23H21N3O3S2/c1-15-7-12-20-21(16(15)2)25-23(30-20)26(14-18-6-4-5-13-24-18)22(27)17-8-10-19(11-9-17)31(3,28)29/h4-13H,14H2,1-3H3. The molecular weight excluding hydrogens is 430 g/mol. The number of nitrogens with zero attached hydrogens (tertiary/aromatic N) is 3. The summed E-state index contributed by atoms with van der Waals surface area (Å²) in [5, 5.41) is 0.576. The van der Waals surface area contributed by atoms with E-state index in [-0.39, 0.29) is 17.3 Å². The molecule has 0 radical (unpaired) electrons. The number of thiazole rings is 1. The SMILES string of the molecule is Cc1ccc2sc(N(Cc3ccccn3)C(=O)c3ccc(S(C)(=O)=O)cc3)nc2c1C. The van der Waals surface area contributed by atoms with Crippen molar-refractivity contribution in [2.75, 3.05) is 11.2 Å². The number of aryl methyl sites for hydroxylation is 2. The van der Waals surface area contributed by atoms with Crippen LogP contribution in [0.15, 0.2) is 65.7 Å². The summed E-state index contributed by atoms with van der Waals surface area (Å²) in [5.74, 6) is -0.265. The van der Waals surface area contributed by atoms with Gasteiger partial charge in [-0.15, -0.1) is 0 Å². The molecule has 0 unspecified atom stereocenters. The van der Waals surface area contributed by atoms with Crippen LogP contribution in [0.4, 0.5) is 5.13 Å². The van der Waals surface area contributed by atoms with E-state index in [1.165, 1.54) is 35.6 Å². The Hall–Kier alpha value is -3.10. The molecule has 31 heavy (non-hydrogen) atoms. The number of hydrogen-bond acceptors (Lipinski definition) is 6. The summed E-state index contributed by atoms with van der Waals surface area (Å²) < 4.78 is 24.5. The summed E-state index contributed by atoms with van der Waals surface area (Å²) in [5.41, 5.74) is 4.23. The predicted molar refractivity (Wildman–Crippen MR) is 123 cm³/mol. The van der Waals surface area contributed by atoms with Crippen molar-refractivity contribution in [3.63, 3.8) is 0 Å². The average molecular weight is 452 g/mol. The van der Waals surface area contributed by atoms with E-state index in [0.29, 0.717) is 10.7 Å². The van der Waals surface area contributed by atoms with Gasteiger partial charge in [-0.05, 0) is 67.4 Å². The van der Waals surface area contributed by atoms with E-state index in [1.54, 1.807) is 11.1 Å². The Morgan fingerprint density at radius 3 is 2.42 bits per heavy atom. The number of carbonyl (C=O) groups is 1. The smallest absolute Gasteiger partial charge is 0.260 e. The Morgan fingerprint density at radius 2 is 1.77 bits per heavy atom. The van der Waals surface area contributed by atoms with Crippen molar-refractivity contribution in [3.8, 4) is 0 Å². The predicted octanol–water partition coefficient (Wildman–Crippen LogP) is 4.56. The molecule has 158 valence electrons. The largest absolute Gasteiger partial charge is 0.278 e. The van der Waals surface area contributed by atoms with Crippen LogP contribution in [0, 0.1) is 13.8 Å². The average Bonchev–Trinajstić information content (AvgIpc) is 3.19. The number of amides is 1. The number of fused-ring (bicyclic) bond motifs is 1. The molecule has 4 rings (SSSR count). The van der Waals surface area contributed by atoms with Gasteiger partial charge in [0, 0.05) is 18.0 Å². The third-order valence-electron chi connectivity index (χ3n) is 5.13. The van der Waals surface area contributed by atoms with E-state index in [1.807, 2.05) is 38.1 Å². The number of sulfone groups is 1. The molecule has 8 heteroatoms. The molecule has 6 nitrogen and oxygen atoms in total. The summed E-state index contributed by atoms with van der Waals surface area (Å²) in [6.45, 7) is 4.31. The zero-order chi connectivity index (χ0) is 22.2. The highest BCUT2D eigenvalue weighted by Crippen LogP contribution is 2.33. The van der Waals surface area contributed by atoms with E-state index in [9.17, 15) is 13.2 Å². The number of pyridine rings is 1. The van der Waals surface area contributed by atoms with Crippen LogP contribution >= 0.6 is 11.3 Å². The molecule has 0 bridgehead atoms. The van der Waals surface area contributed by atoms with E-state index >= 15 is 0 Å². The molecule has 2 aromatic carbocycles. The van der Waals surface area contributed by atoms with Gasteiger partial charge in [-0.1, -0.05) is 23.5 Å². The number of rotatable bonds is 5. The third-order valence-corrected chi connectivity index (χ3v) is 7.30. The van der Waals surface area contributed by atoms with Gasteiger partial charge in [0.1, 0.15) is 0 Å². The van der Waals surface area contributed by atoms with Gasteiger partial charge in [0.25, 0.3) is 5.91 Å². The Labute approximate surface area is 185 Å². The molecule has 0 aliphatic rings. The Kier molecular flexibility index (Phi) is 5.60. The topological polar surface area (TPSA) is 80.2 Å². The van der Waals surface area contributed by atoms with E-state index in [0.717, 1.165) is 33.3 Å². The van der Waals surface area contributed by atoms with Gasteiger partial charge >= 0.3 is 0 Å². The monoisotopic (exact) mass is 451 g/mol. The van der Waals surface area contributed by atoms with Crippen molar-refractivity contribution in [2.24, 2.45) is 0 Å². The summed E-state index contributed by atoms with van der Waals surface area (Å²) >= 11 is 1.45. The number of carbonyl (C=O) groups excluding carboxylic acids is 1. The highest BCUT2D eigenvalue weighted by atomic mass is 32.2. The third kappa shape index (κ3) is 4.35. The maximum absolute atomic E-state index is 13.5. The molecule has 0 saturated carbocycles. The van der Waals surface area contributed by atoms with Gasteiger partial charge in [-0.25, -0.2) is 13.4 Å². The van der Waals surface area contributed by atoms with Crippen molar-refractivity contribution in [3.05, 3.63) is 83.2 Å². The van der Waals surface area contributed by atoms with E-state index in [4.69, 9.17) is 4.98 Å². The van der Waals surface area contributed by atoms with Gasteiger partial charge in [0.15, 0.2) is 15.0 Å². The summed E-state index contributed by atoms with van der Waals surface area (Å²) in [7, 11) is -3.34. The molecule has 0 saturated heterocycles. The minimum Gasteiger partial charge on any atom is -0.278 e. The van der Waals surface area contributed by atoms with Gasteiger partial charge in [-0.2, -0.15) is 0 Å². The Bertz CT molecular complexity index is 1360. The highest BCUT2D eigenvalue weighted by molar-refractivity contribution is 7.90. The minimum atomic E-state index is -3.34. The van der Waals surface area contributed by atoms with Crippen LogP contribution in [0.1, 0.15) is 27.2 Å². The van der Waals surface area contributed by atoms with Gasteiger partial charge < -0.3 is 0 Å². The van der Waals surface area contributed by atoms with Crippen LogP contribution in [0.5, 0.6) is 0 Å². The zero-order valence-corrected chi connectivity index (χ0v) is 19.0. The van der Waals surface area contributed by atoms with E-state index in [2.05, 4.69) is 11.1 Å². The summed E-state index contributed by atoms with van der Waals surface area (Å²) in [6, 6.07) is 15.6. The fraction of sp³-hybridized carbons (Fsp3) is 0.174. The first kappa shape index (κ1) is 21.1. The second kappa shape index (κ2) is 8.20. The van der Waals surface area contributed by atoms with Gasteiger partial charge in [0.05, 0.1) is 27.4 Å². The molecule has 0 atom stereocenters. The van der Waals surface area contributed by atoms with Gasteiger partial charge in [-0.3, -0.25) is 14.7 Å². The molecule has 4 aromatic rings. The lowest BCUT2D eigenvalue weighted by Crippen LogP contribution is -2.30. The molecule has 2 heterocycles. The van der Waals surface area contributed by atoms with Crippen molar-refractivity contribution < 1.29 is 13.2 Å². The normalized spacial score (nSPS) is 11.6. The molecule has 1 amide bonds. The van der Waals surface area contributed by atoms with E-state index < -0.39 is 9.84 Å². The van der Waals surface area contributed by atoms with Crippen LogP contribution in [0.25, 0.3) is 10.2 Å². The fourth-order valence-corrected chi connectivity index (χ4v) is 4.86. The Balaban J connectivity index is 1.77. The quantitative estimate of drug-likeness (QED) is 0.444. The zero-order valence-electron chi connectivity index (χ0n) is 17.4. The molecule has 0 fully saturated rings.